The van der Waals surface area contributed by atoms with Crippen molar-refractivity contribution in [3.63, 3.8) is 0 Å². The van der Waals surface area contributed by atoms with Crippen LogP contribution in [0.3, 0.4) is 0 Å². The summed E-state index contributed by atoms with van der Waals surface area (Å²) < 4.78 is 1.62. The zero-order valence-corrected chi connectivity index (χ0v) is 17.4. The van der Waals surface area contributed by atoms with E-state index in [2.05, 4.69) is 19.2 Å². The molecule has 0 saturated carbocycles. The first kappa shape index (κ1) is 20.6. The van der Waals surface area contributed by atoms with Gasteiger partial charge < -0.3 is 10.2 Å². The number of fused-ring (bicyclic) bond motifs is 1. The molecule has 0 bridgehead atoms. The van der Waals surface area contributed by atoms with Crippen molar-refractivity contribution in [1.29, 1.82) is 0 Å². The molecule has 6 heteroatoms. The van der Waals surface area contributed by atoms with Crippen LogP contribution in [-0.4, -0.2) is 33.6 Å². The SMILES string of the molecule is CCNC(=O)N(CC(C)C)C(C)c1nc2ccccc2c(=O)n1-c1ccccc1. The molecule has 1 N–H and O–H groups in total. The molecule has 6 nitrogen and oxygen atoms in total. The van der Waals surface area contributed by atoms with Crippen LogP contribution >= 0.6 is 0 Å². The molecule has 0 aliphatic rings. The van der Waals surface area contributed by atoms with Crippen LogP contribution in [-0.2, 0) is 0 Å². The lowest BCUT2D eigenvalue weighted by Crippen LogP contribution is -2.44. The largest absolute Gasteiger partial charge is 0.338 e. The third kappa shape index (κ3) is 4.31. The lowest BCUT2D eigenvalue weighted by Gasteiger charge is -2.31. The van der Waals surface area contributed by atoms with Crippen LogP contribution in [0.1, 0.15) is 39.6 Å². The quantitative estimate of drug-likeness (QED) is 0.686. The monoisotopic (exact) mass is 392 g/mol. The van der Waals surface area contributed by atoms with Crippen molar-refractivity contribution in [2.45, 2.75) is 33.7 Å². The van der Waals surface area contributed by atoms with Gasteiger partial charge in [-0.05, 0) is 44.0 Å². The fourth-order valence-corrected chi connectivity index (χ4v) is 3.46. The van der Waals surface area contributed by atoms with Crippen LogP contribution in [0.4, 0.5) is 4.79 Å². The molecule has 1 heterocycles. The molecule has 3 rings (SSSR count). The molecule has 0 aliphatic heterocycles. The van der Waals surface area contributed by atoms with Gasteiger partial charge in [-0.25, -0.2) is 9.78 Å². The fraction of sp³-hybridized carbons (Fsp3) is 0.348. The van der Waals surface area contributed by atoms with Gasteiger partial charge in [0.1, 0.15) is 5.82 Å². The topological polar surface area (TPSA) is 67.2 Å². The fourth-order valence-electron chi connectivity index (χ4n) is 3.46. The zero-order valence-electron chi connectivity index (χ0n) is 17.4. The van der Waals surface area contributed by atoms with Crippen molar-refractivity contribution in [2.75, 3.05) is 13.1 Å². The maximum atomic E-state index is 13.4. The van der Waals surface area contributed by atoms with E-state index in [1.165, 1.54) is 0 Å². The number of amides is 2. The predicted octanol–water partition coefficient (Wildman–Crippen LogP) is 4.13. The summed E-state index contributed by atoms with van der Waals surface area (Å²) in [7, 11) is 0. The van der Waals surface area contributed by atoms with Crippen LogP contribution in [0.25, 0.3) is 16.6 Å². The minimum absolute atomic E-state index is 0.135. The molecule has 0 spiro atoms. The first-order valence-electron chi connectivity index (χ1n) is 10.1. The van der Waals surface area contributed by atoms with Gasteiger partial charge in [0, 0.05) is 13.1 Å². The van der Waals surface area contributed by atoms with E-state index in [-0.39, 0.29) is 23.6 Å². The van der Waals surface area contributed by atoms with Crippen LogP contribution in [0.5, 0.6) is 0 Å². The van der Waals surface area contributed by atoms with Crippen molar-refractivity contribution >= 4 is 16.9 Å². The number of urea groups is 1. The highest BCUT2D eigenvalue weighted by Crippen LogP contribution is 2.23. The minimum Gasteiger partial charge on any atom is -0.338 e. The maximum absolute atomic E-state index is 13.4. The van der Waals surface area contributed by atoms with Gasteiger partial charge in [0.2, 0.25) is 0 Å². The van der Waals surface area contributed by atoms with Gasteiger partial charge in [-0.2, -0.15) is 0 Å². The van der Waals surface area contributed by atoms with E-state index in [4.69, 9.17) is 4.98 Å². The molecular formula is C23H28N4O2. The third-order valence-electron chi connectivity index (χ3n) is 4.81. The first-order chi connectivity index (χ1) is 13.9. The highest BCUT2D eigenvalue weighted by molar-refractivity contribution is 5.78. The number of nitrogens with one attached hydrogen (secondary N) is 1. The molecule has 0 fully saturated rings. The number of hydrogen-bond donors (Lipinski definition) is 1. The van der Waals surface area contributed by atoms with Crippen LogP contribution in [0, 0.1) is 5.92 Å². The van der Waals surface area contributed by atoms with Crippen LogP contribution in [0.2, 0.25) is 0 Å². The summed E-state index contributed by atoms with van der Waals surface area (Å²) in [6.45, 7) is 9.05. The van der Waals surface area contributed by atoms with Crippen LogP contribution < -0.4 is 10.9 Å². The molecule has 2 amide bonds. The number of nitrogens with zero attached hydrogens (tertiary/aromatic N) is 3. The van der Waals surface area contributed by atoms with Gasteiger partial charge >= 0.3 is 6.03 Å². The van der Waals surface area contributed by atoms with E-state index in [1.807, 2.05) is 62.4 Å². The number of carbonyl (C=O) groups excluding carboxylic acids is 1. The van der Waals surface area contributed by atoms with Crippen molar-refractivity contribution in [2.24, 2.45) is 5.92 Å². The number of aromatic nitrogens is 2. The average Bonchev–Trinajstić information content (AvgIpc) is 2.72. The van der Waals surface area contributed by atoms with Crippen molar-refractivity contribution in [3.05, 3.63) is 70.8 Å². The van der Waals surface area contributed by atoms with Crippen LogP contribution in [0.15, 0.2) is 59.4 Å². The molecule has 3 aromatic rings. The summed E-state index contributed by atoms with van der Waals surface area (Å²) in [6.07, 6.45) is 0. The normalized spacial score (nSPS) is 12.2. The van der Waals surface area contributed by atoms with Gasteiger partial charge in [0.15, 0.2) is 0 Å². The van der Waals surface area contributed by atoms with E-state index in [9.17, 15) is 9.59 Å². The number of rotatable bonds is 6. The number of hydrogen-bond acceptors (Lipinski definition) is 3. The predicted molar refractivity (Wildman–Crippen MR) is 116 cm³/mol. The number of para-hydroxylation sites is 2. The minimum atomic E-state index is -0.388. The maximum Gasteiger partial charge on any atom is 0.318 e. The number of benzene rings is 2. The zero-order chi connectivity index (χ0) is 21.0. The molecule has 2 aromatic carbocycles. The highest BCUT2D eigenvalue weighted by atomic mass is 16.2. The summed E-state index contributed by atoms with van der Waals surface area (Å²) in [4.78, 5) is 32.8. The second kappa shape index (κ2) is 8.90. The molecular weight excluding hydrogens is 364 g/mol. The molecule has 0 aliphatic carbocycles. The summed E-state index contributed by atoms with van der Waals surface area (Å²) in [6, 6.07) is 16.2. The molecule has 1 atom stereocenters. The van der Waals surface area contributed by atoms with Gasteiger partial charge in [0.05, 0.1) is 22.6 Å². The number of carbonyl (C=O) groups is 1. The molecule has 1 unspecified atom stereocenters. The molecule has 0 radical (unpaired) electrons. The van der Waals surface area contributed by atoms with E-state index in [1.54, 1.807) is 15.5 Å². The Morgan fingerprint density at radius 2 is 1.72 bits per heavy atom. The smallest absolute Gasteiger partial charge is 0.318 e. The second-order valence-electron chi connectivity index (χ2n) is 7.52. The molecule has 1 aromatic heterocycles. The van der Waals surface area contributed by atoms with E-state index in [0.717, 1.165) is 5.69 Å². The lowest BCUT2D eigenvalue weighted by molar-refractivity contribution is 0.167. The third-order valence-corrected chi connectivity index (χ3v) is 4.81. The summed E-state index contributed by atoms with van der Waals surface area (Å²) in [5.74, 6) is 0.823. The molecule has 29 heavy (non-hydrogen) atoms. The summed E-state index contributed by atoms with van der Waals surface area (Å²) in [5, 5.41) is 3.44. The summed E-state index contributed by atoms with van der Waals surface area (Å²) >= 11 is 0. The lowest BCUT2D eigenvalue weighted by atomic mass is 10.1. The Morgan fingerprint density at radius 3 is 2.38 bits per heavy atom. The van der Waals surface area contributed by atoms with Crippen molar-refractivity contribution < 1.29 is 4.79 Å². The Bertz CT molecular complexity index is 1040. The highest BCUT2D eigenvalue weighted by Gasteiger charge is 2.27. The average molecular weight is 393 g/mol. The Labute approximate surface area is 171 Å². The standard InChI is InChI=1S/C23H28N4O2/c1-5-24-23(29)26(15-16(2)3)17(4)21-25-20-14-10-9-13-19(20)22(28)27(21)18-11-7-6-8-12-18/h6-14,16-17H,5,15H2,1-4H3,(H,24,29). The van der Waals surface area contributed by atoms with E-state index in [0.29, 0.717) is 29.8 Å². The van der Waals surface area contributed by atoms with E-state index < -0.39 is 0 Å². The van der Waals surface area contributed by atoms with Gasteiger partial charge in [0.25, 0.3) is 5.56 Å². The van der Waals surface area contributed by atoms with Gasteiger partial charge in [-0.1, -0.05) is 44.2 Å². The van der Waals surface area contributed by atoms with E-state index >= 15 is 0 Å². The van der Waals surface area contributed by atoms with Gasteiger partial charge in [-0.15, -0.1) is 0 Å². The second-order valence-corrected chi connectivity index (χ2v) is 7.52. The first-order valence-corrected chi connectivity index (χ1v) is 10.1. The molecule has 152 valence electrons. The summed E-state index contributed by atoms with van der Waals surface area (Å²) in [5.41, 5.74) is 1.23. The Hall–Kier alpha value is -3.15. The molecule has 0 saturated heterocycles. The Kier molecular flexibility index (Phi) is 6.32. The van der Waals surface area contributed by atoms with Crippen molar-refractivity contribution in [3.8, 4) is 5.69 Å². The Morgan fingerprint density at radius 1 is 1.07 bits per heavy atom. The van der Waals surface area contributed by atoms with Crippen molar-refractivity contribution in [1.82, 2.24) is 19.8 Å². The van der Waals surface area contributed by atoms with Gasteiger partial charge in [-0.3, -0.25) is 9.36 Å². The Balaban J connectivity index is 2.23.